The predicted molar refractivity (Wildman–Crippen MR) is 111 cm³/mol. The Labute approximate surface area is 176 Å². The molecule has 150 valence electrons. The lowest BCUT2D eigenvalue weighted by molar-refractivity contribution is -0.122. The van der Waals surface area contributed by atoms with Crippen molar-refractivity contribution >= 4 is 56.5 Å². The Hall–Kier alpha value is -2.59. The second kappa shape index (κ2) is 6.46. The summed E-state index contributed by atoms with van der Waals surface area (Å²) in [7, 11) is -4.17. The van der Waals surface area contributed by atoms with Crippen LogP contribution in [0.25, 0.3) is 0 Å². The zero-order valence-electron chi connectivity index (χ0n) is 15.0. The minimum absolute atomic E-state index is 0.0803. The number of nitrogen functional groups attached to an aromatic ring is 1. The number of hydrogen-bond acceptors (Lipinski definition) is 5. The minimum atomic E-state index is -4.17. The summed E-state index contributed by atoms with van der Waals surface area (Å²) in [6.07, 6.45) is 1.12. The van der Waals surface area contributed by atoms with Gasteiger partial charge in [-0.3, -0.25) is 9.36 Å². The van der Waals surface area contributed by atoms with Gasteiger partial charge in [0.2, 0.25) is 5.95 Å². The molecule has 0 radical (unpaired) electrons. The summed E-state index contributed by atoms with van der Waals surface area (Å²) in [6, 6.07) is 11.1. The number of fused-ring (bicyclic) bond motifs is 1. The van der Waals surface area contributed by atoms with E-state index < -0.39 is 21.5 Å². The van der Waals surface area contributed by atoms with Crippen molar-refractivity contribution in [3.8, 4) is 0 Å². The van der Waals surface area contributed by atoms with Crippen molar-refractivity contribution in [2.75, 3.05) is 10.6 Å². The Balaban J connectivity index is 2.03. The molecule has 11 heteroatoms. The van der Waals surface area contributed by atoms with Gasteiger partial charge in [-0.1, -0.05) is 35.3 Å². The van der Waals surface area contributed by atoms with Gasteiger partial charge < -0.3 is 5.73 Å². The molecule has 2 aromatic carbocycles. The molecule has 1 aliphatic heterocycles. The van der Waals surface area contributed by atoms with Gasteiger partial charge in [0.15, 0.2) is 10.6 Å². The van der Waals surface area contributed by atoms with Crippen LogP contribution in [0.15, 0.2) is 53.7 Å². The molecule has 0 fully saturated rings. The van der Waals surface area contributed by atoms with Crippen LogP contribution in [0, 0.1) is 0 Å². The molecule has 29 heavy (non-hydrogen) atoms. The molecule has 4 rings (SSSR count). The number of anilines is 3. The van der Waals surface area contributed by atoms with Gasteiger partial charge in [0, 0.05) is 15.7 Å². The average Bonchev–Trinajstić information content (AvgIpc) is 3.14. The van der Waals surface area contributed by atoms with E-state index in [-0.39, 0.29) is 11.0 Å². The first-order chi connectivity index (χ1) is 13.5. The van der Waals surface area contributed by atoms with Crippen molar-refractivity contribution in [2.24, 2.45) is 5.14 Å². The summed E-state index contributed by atoms with van der Waals surface area (Å²) < 4.78 is 25.7. The number of hydrogen-bond donors (Lipinski definition) is 2. The smallest absolute Gasteiger partial charge is 0.264 e. The van der Waals surface area contributed by atoms with E-state index in [0.717, 1.165) is 6.20 Å². The van der Waals surface area contributed by atoms with E-state index in [1.165, 1.54) is 27.7 Å². The molecule has 0 saturated carbocycles. The molecule has 1 aromatic heterocycles. The van der Waals surface area contributed by atoms with Crippen molar-refractivity contribution in [3.63, 3.8) is 0 Å². The van der Waals surface area contributed by atoms with Crippen molar-refractivity contribution in [1.82, 2.24) is 9.55 Å². The average molecular weight is 452 g/mol. The number of rotatable bonds is 3. The van der Waals surface area contributed by atoms with E-state index in [0.29, 0.717) is 27.0 Å². The zero-order valence-corrected chi connectivity index (χ0v) is 17.3. The van der Waals surface area contributed by atoms with E-state index in [9.17, 15) is 13.2 Å². The summed E-state index contributed by atoms with van der Waals surface area (Å²) in [4.78, 5) is 19.1. The lowest BCUT2D eigenvalue weighted by atomic mass is 9.91. The fraction of sp³-hybridized carbons (Fsp3) is 0.111. The van der Waals surface area contributed by atoms with Crippen LogP contribution < -0.4 is 15.8 Å². The first kappa shape index (κ1) is 19.7. The number of benzene rings is 2. The maximum atomic E-state index is 13.6. The Morgan fingerprint density at radius 3 is 2.21 bits per heavy atom. The highest BCUT2D eigenvalue weighted by molar-refractivity contribution is 7.89. The monoisotopic (exact) mass is 451 g/mol. The Morgan fingerprint density at radius 1 is 1.07 bits per heavy atom. The molecule has 0 unspecified atom stereocenters. The highest BCUT2D eigenvalue weighted by Gasteiger charge is 2.52. The molecule has 0 bridgehead atoms. The summed E-state index contributed by atoms with van der Waals surface area (Å²) >= 11 is 12.2. The Bertz CT molecular complexity index is 1240. The Kier molecular flexibility index (Phi) is 4.39. The van der Waals surface area contributed by atoms with Gasteiger partial charge in [-0.25, -0.2) is 23.4 Å². The third-order valence-corrected chi connectivity index (χ3v) is 6.15. The third kappa shape index (κ3) is 2.98. The minimum Gasteiger partial charge on any atom is -0.399 e. The predicted octanol–water partition coefficient (Wildman–Crippen LogP) is 2.86. The fourth-order valence-corrected chi connectivity index (χ4v) is 4.70. The largest absolute Gasteiger partial charge is 0.399 e. The summed E-state index contributed by atoms with van der Waals surface area (Å²) in [6.45, 7) is 1.59. The van der Waals surface area contributed by atoms with E-state index in [1.54, 1.807) is 31.2 Å². The second-order valence-electron chi connectivity index (χ2n) is 6.74. The molecule has 1 aliphatic rings. The fourth-order valence-electron chi connectivity index (χ4n) is 3.47. The number of nitrogens with two attached hydrogens (primary N) is 2. The van der Waals surface area contributed by atoms with E-state index in [2.05, 4.69) is 4.98 Å². The SMILES string of the molecule is C[C@@]1(c2ccc(N)cc2)C(=O)N(c2cc(Cl)cc(Cl)c2)c2ncc(S(N)(=O)=O)n21. The molecule has 0 saturated heterocycles. The number of primary sulfonamides is 1. The summed E-state index contributed by atoms with van der Waals surface area (Å²) in [5.41, 5.74) is 5.68. The molecule has 1 atom stereocenters. The number of imidazole rings is 1. The first-order valence-corrected chi connectivity index (χ1v) is 10.6. The normalized spacial score (nSPS) is 18.9. The number of carbonyl (C=O) groups excluding carboxylic acids is 1. The maximum Gasteiger partial charge on any atom is 0.264 e. The quantitative estimate of drug-likeness (QED) is 0.592. The van der Waals surface area contributed by atoms with Crippen LogP contribution in [0.1, 0.15) is 12.5 Å². The molecule has 8 nitrogen and oxygen atoms in total. The highest BCUT2D eigenvalue weighted by Crippen LogP contribution is 2.45. The maximum absolute atomic E-state index is 13.6. The summed E-state index contributed by atoms with van der Waals surface area (Å²) in [5.74, 6) is -0.370. The van der Waals surface area contributed by atoms with Crippen LogP contribution in [-0.4, -0.2) is 23.9 Å². The number of nitrogens with zero attached hydrogens (tertiary/aromatic N) is 3. The number of sulfonamides is 1. The topological polar surface area (TPSA) is 124 Å². The molecule has 1 amide bonds. The van der Waals surface area contributed by atoms with Crippen LogP contribution in [0.2, 0.25) is 10.0 Å². The lowest BCUT2D eigenvalue weighted by Crippen LogP contribution is -2.41. The van der Waals surface area contributed by atoms with Crippen molar-refractivity contribution in [1.29, 1.82) is 0 Å². The van der Waals surface area contributed by atoms with E-state index in [4.69, 9.17) is 34.1 Å². The molecule has 0 aliphatic carbocycles. The van der Waals surface area contributed by atoms with Gasteiger partial charge >= 0.3 is 0 Å². The molecular weight excluding hydrogens is 437 g/mol. The standard InChI is InChI=1S/C18H15Cl2N5O3S/c1-18(10-2-4-13(21)5-3-10)16(26)24(14-7-11(19)6-12(20)8-14)17-23-9-15(25(17)18)29(22,27)28/h2-9H,21H2,1H3,(H2,22,27,28)/t18-/m1/s1. The number of halogens is 2. The van der Waals surface area contributed by atoms with Gasteiger partial charge in [0.05, 0.1) is 11.9 Å². The molecular formula is C18H15Cl2N5O3S. The molecule has 2 heterocycles. The van der Waals surface area contributed by atoms with Crippen molar-refractivity contribution < 1.29 is 13.2 Å². The van der Waals surface area contributed by atoms with E-state index >= 15 is 0 Å². The molecule has 0 spiro atoms. The lowest BCUT2D eigenvalue weighted by Gasteiger charge is -2.26. The van der Waals surface area contributed by atoms with Crippen LogP contribution in [0.5, 0.6) is 0 Å². The van der Waals surface area contributed by atoms with E-state index in [1.807, 2.05) is 0 Å². The van der Waals surface area contributed by atoms with Crippen LogP contribution in [0.4, 0.5) is 17.3 Å². The molecule has 3 aromatic rings. The third-order valence-electron chi connectivity index (χ3n) is 4.85. The Morgan fingerprint density at radius 2 is 1.66 bits per heavy atom. The van der Waals surface area contributed by atoms with Crippen LogP contribution >= 0.6 is 23.2 Å². The van der Waals surface area contributed by atoms with Crippen molar-refractivity contribution in [3.05, 3.63) is 64.3 Å². The number of carbonyl (C=O) groups is 1. The number of amides is 1. The summed E-state index contributed by atoms with van der Waals surface area (Å²) in [5, 5.41) is 5.72. The van der Waals surface area contributed by atoms with Crippen LogP contribution in [-0.2, 0) is 20.4 Å². The second-order valence-corrected chi connectivity index (χ2v) is 9.12. The van der Waals surface area contributed by atoms with Gasteiger partial charge in [0.25, 0.3) is 15.9 Å². The van der Waals surface area contributed by atoms with Gasteiger partial charge in [-0.2, -0.15) is 0 Å². The highest BCUT2D eigenvalue weighted by atomic mass is 35.5. The number of aromatic nitrogens is 2. The zero-order chi connectivity index (χ0) is 21.1. The van der Waals surface area contributed by atoms with Gasteiger partial charge in [0.1, 0.15) is 0 Å². The van der Waals surface area contributed by atoms with Crippen LogP contribution in [0.3, 0.4) is 0 Å². The van der Waals surface area contributed by atoms with Crippen molar-refractivity contribution in [2.45, 2.75) is 17.5 Å². The van der Waals surface area contributed by atoms with Gasteiger partial charge in [-0.05, 0) is 42.8 Å². The van der Waals surface area contributed by atoms with Gasteiger partial charge in [-0.15, -0.1) is 0 Å². The molecule has 4 N–H and O–H groups in total. The first-order valence-electron chi connectivity index (χ1n) is 8.31.